The van der Waals surface area contributed by atoms with E-state index in [0.29, 0.717) is 0 Å². The highest BCUT2D eigenvalue weighted by atomic mass is 16.4. The second-order valence-electron chi connectivity index (χ2n) is 4.32. The quantitative estimate of drug-likeness (QED) is 0.687. The molecule has 0 radical (unpaired) electrons. The predicted molar refractivity (Wildman–Crippen MR) is 63.0 cm³/mol. The van der Waals surface area contributed by atoms with E-state index >= 15 is 0 Å². The molecule has 0 saturated carbocycles. The van der Waals surface area contributed by atoms with Crippen molar-refractivity contribution in [2.24, 2.45) is 0 Å². The molecule has 0 aliphatic heterocycles. The lowest BCUT2D eigenvalue weighted by Crippen LogP contribution is -2.39. The van der Waals surface area contributed by atoms with Crippen LogP contribution in [0.5, 0.6) is 0 Å². The number of aliphatic carboxylic acids is 2. The third kappa shape index (κ3) is 4.99. The van der Waals surface area contributed by atoms with Gasteiger partial charge in [-0.3, -0.25) is 14.4 Å². The molecule has 1 aliphatic carbocycles. The van der Waals surface area contributed by atoms with Crippen molar-refractivity contribution in [1.82, 2.24) is 4.90 Å². The number of carboxylic acids is 2. The second-order valence-corrected chi connectivity index (χ2v) is 4.32. The van der Waals surface area contributed by atoms with E-state index in [9.17, 15) is 14.4 Å². The van der Waals surface area contributed by atoms with Crippen LogP contribution in [0.3, 0.4) is 0 Å². The number of rotatable bonds is 6. The van der Waals surface area contributed by atoms with Gasteiger partial charge in [-0.1, -0.05) is 11.6 Å². The van der Waals surface area contributed by atoms with E-state index < -0.39 is 30.9 Å². The largest absolute Gasteiger partial charge is 0.480 e. The Morgan fingerprint density at radius 2 is 1.72 bits per heavy atom. The SMILES string of the molecule is O=C(O)CN(CC(=O)O)C(=O)CC1=CCCCC1. The van der Waals surface area contributed by atoms with Crippen LogP contribution in [0.1, 0.15) is 32.1 Å². The molecular weight excluding hydrogens is 238 g/mol. The Morgan fingerprint density at radius 3 is 2.17 bits per heavy atom. The van der Waals surface area contributed by atoms with Crippen LogP contribution in [0.4, 0.5) is 0 Å². The molecule has 6 nitrogen and oxygen atoms in total. The van der Waals surface area contributed by atoms with Crippen molar-refractivity contribution in [3.8, 4) is 0 Å². The van der Waals surface area contributed by atoms with Gasteiger partial charge in [0.25, 0.3) is 0 Å². The second kappa shape index (κ2) is 6.78. The van der Waals surface area contributed by atoms with Gasteiger partial charge in [-0.15, -0.1) is 0 Å². The summed E-state index contributed by atoms with van der Waals surface area (Å²) in [7, 11) is 0. The van der Waals surface area contributed by atoms with Gasteiger partial charge in [0.15, 0.2) is 0 Å². The smallest absolute Gasteiger partial charge is 0.323 e. The maximum absolute atomic E-state index is 11.8. The van der Waals surface area contributed by atoms with Crippen LogP contribution in [0.25, 0.3) is 0 Å². The van der Waals surface area contributed by atoms with Crippen molar-refractivity contribution in [2.45, 2.75) is 32.1 Å². The molecular formula is C12H17NO5. The maximum atomic E-state index is 11.8. The first-order valence-electron chi connectivity index (χ1n) is 5.88. The number of amides is 1. The minimum absolute atomic E-state index is 0.126. The zero-order valence-corrected chi connectivity index (χ0v) is 10.1. The van der Waals surface area contributed by atoms with Gasteiger partial charge in [0.1, 0.15) is 13.1 Å². The Hall–Kier alpha value is -1.85. The number of nitrogens with zero attached hydrogens (tertiary/aromatic N) is 1. The Labute approximate surface area is 105 Å². The van der Waals surface area contributed by atoms with E-state index in [-0.39, 0.29) is 6.42 Å². The molecule has 0 aromatic heterocycles. The molecule has 2 N–H and O–H groups in total. The van der Waals surface area contributed by atoms with Crippen LogP contribution < -0.4 is 0 Å². The maximum Gasteiger partial charge on any atom is 0.323 e. The molecule has 0 bridgehead atoms. The number of hydrogen-bond donors (Lipinski definition) is 2. The fraction of sp³-hybridized carbons (Fsp3) is 0.583. The minimum Gasteiger partial charge on any atom is -0.480 e. The lowest BCUT2D eigenvalue weighted by atomic mass is 9.97. The highest BCUT2D eigenvalue weighted by Crippen LogP contribution is 2.20. The topological polar surface area (TPSA) is 94.9 Å². The molecule has 6 heteroatoms. The lowest BCUT2D eigenvalue weighted by Gasteiger charge is -2.20. The molecule has 0 atom stereocenters. The summed E-state index contributed by atoms with van der Waals surface area (Å²) in [5, 5.41) is 17.3. The van der Waals surface area contributed by atoms with Gasteiger partial charge in [-0.2, -0.15) is 0 Å². The summed E-state index contributed by atoms with van der Waals surface area (Å²) in [5.74, 6) is -2.85. The van der Waals surface area contributed by atoms with Crippen molar-refractivity contribution in [3.63, 3.8) is 0 Å². The normalized spacial score (nSPS) is 14.8. The Bertz CT molecular complexity index is 359. The van der Waals surface area contributed by atoms with Gasteiger partial charge in [0, 0.05) is 6.42 Å². The van der Waals surface area contributed by atoms with Crippen LogP contribution in [0.15, 0.2) is 11.6 Å². The molecule has 0 aromatic carbocycles. The van der Waals surface area contributed by atoms with E-state index in [2.05, 4.69) is 0 Å². The first-order chi connectivity index (χ1) is 8.49. The fourth-order valence-corrected chi connectivity index (χ4v) is 1.93. The van der Waals surface area contributed by atoms with Gasteiger partial charge in [0.2, 0.25) is 5.91 Å². The van der Waals surface area contributed by atoms with E-state index in [1.165, 1.54) is 0 Å². The standard InChI is InChI=1S/C12H17NO5/c14-10(6-9-4-2-1-3-5-9)13(7-11(15)16)8-12(17)18/h4H,1-3,5-8H2,(H,15,16)(H,17,18). The van der Waals surface area contributed by atoms with Crippen molar-refractivity contribution in [1.29, 1.82) is 0 Å². The van der Waals surface area contributed by atoms with E-state index in [1.807, 2.05) is 6.08 Å². The predicted octanol–water partition coefficient (Wildman–Crippen LogP) is 0.875. The monoisotopic (exact) mass is 255 g/mol. The van der Waals surface area contributed by atoms with Crippen LogP contribution in [0.2, 0.25) is 0 Å². The fourth-order valence-electron chi connectivity index (χ4n) is 1.93. The highest BCUT2D eigenvalue weighted by molar-refractivity contribution is 5.86. The number of carbonyl (C=O) groups excluding carboxylic acids is 1. The summed E-state index contributed by atoms with van der Waals surface area (Å²) in [6, 6.07) is 0. The van der Waals surface area contributed by atoms with Gasteiger partial charge >= 0.3 is 11.9 Å². The van der Waals surface area contributed by atoms with Crippen molar-refractivity contribution in [3.05, 3.63) is 11.6 Å². The Kier molecular flexibility index (Phi) is 5.35. The molecule has 1 amide bonds. The molecule has 0 heterocycles. The summed E-state index contributed by atoms with van der Waals surface area (Å²) < 4.78 is 0. The number of carbonyl (C=O) groups is 3. The van der Waals surface area contributed by atoms with Crippen LogP contribution in [-0.2, 0) is 14.4 Å². The first kappa shape index (κ1) is 14.2. The molecule has 18 heavy (non-hydrogen) atoms. The summed E-state index contributed by atoms with van der Waals surface area (Å²) in [6.45, 7) is -1.14. The van der Waals surface area contributed by atoms with E-state index in [0.717, 1.165) is 36.2 Å². The summed E-state index contributed by atoms with van der Waals surface area (Å²) in [4.78, 5) is 33.9. The van der Waals surface area contributed by atoms with Crippen molar-refractivity contribution < 1.29 is 24.6 Å². The number of hydrogen-bond acceptors (Lipinski definition) is 3. The molecule has 1 aliphatic rings. The van der Waals surface area contributed by atoms with Crippen molar-refractivity contribution >= 4 is 17.8 Å². The zero-order valence-electron chi connectivity index (χ0n) is 10.1. The molecule has 0 fully saturated rings. The molecule has 100 valence electrons. The van der Waals surface area contributed by atoms with Gasteiger partial charge < -0.3 is 15.1 Å². The third-order valence-corrected chi connectivity index (χ3v) is 2.77. The molecule has 0 unspecified atom stereocenters. The first-order valence-corrected chi connectivity index (χ1v) is 5.88. The van der Waals surface area contributed by atoms with Crippen LogP contribution >= 0.6 is 0 Å². The zero-order chi connectivity index (χ0) is 13.5. The summed E-state index contributed by atoms with van der Waals surface area (Å²) >= 11 is 0. The van der Waals surface area contributed by atoms with Gasteiger partial charge in [-0.05, 0) is 25.7 Å². The lowest BCUT2D eigenvalue weighted by molar-refractivity contribution is -0.149. The molecule has 1 rings (SSSR count). The number of allylic oxidation sites excluding steroid dienone is 1. The molecule has 0 saturated heterocycles. The molecule has 0 spiro atoms. The van der Waals surface area contributed by atoms with Crippen LogP contribution in [-0.4, -0.2) is 46.0 Å². The number of carboxylic acid groups (broad SMARTS) is 2. The third-order valence-electron chi connectivity index (χ3n) is 2.77. The summed E-state index contributed by atoms with van der Waals surface area (Å²) in [6.07, 6.45) is 6.00. The molecule has 0 aromatic rings. The average Bonchev–Trinajstić information content (AvgIpc) is 2.28. The van der Waals surface area contributed by atoms with Gasteiger partial charge in [-0.25, -0.2) is 0 Å². The van der Waals surface area contributed by atoms with Crippen LogP contribution in [0, 0.1) is 0 Å². The Morgan fingerprint density at radius 1 is 1.11 bits per heavy atom. The highest BCUT2D eigenvalue weighted by Gasteiger charge is 2.20. The average molecular weight is 255 g/mol. The van der Waals surface area contributed by atoms with E-state index in [4.69, 9.17) is 10.2 Å². The Balaban J connectivity index is 2.60. The van der Waals surface area contributed by atoms with E-state index in [1.54, 1.807) is 0 Å². The van der Waals surface area contributed by atoms with Gasteiger partial charge in [0.05, 0.1) is 0 Å². The minimum atomic E-state index is -1.21. The van der Waals surface area contributed by atoms with Crippen molar-refractivity contribution in [2.75, 3.05) is 13.1 Å². The summed E-state index contributed by atoms with van der Waals surface area (Å²) in [5.41, 5.74) is 0.979.